The van der Waals surface area contributed by atoms with Crippen LogP contribution in [-0.2, 0) is 10.3 Å². The average Bonchev–Trinajstić information content (AvgIpc) is 2.99. The van der Waals surface area contributed by atoms with E-state index in [0.29, 0.717) is 30.0 Å². The van der Waals surface area contributed by atoms with Gasteiger partial charge in [0.25, 0.3) is 0 Å². The van der Waals surface area contributed by atoms with Crippen LogP contribution in [-0.4, -0.2) is 20.1 Å². The van der Waals surface area contributed by atoms with E-state index in [1.807, 2.05) is 24.3 Å². The monoisotopic (exact) mass is 322 g/mol. The van der Waals surface area contributed by atoms with E-state index in [2.05, 4.69) is 6.07 Å². The molecule has 24 heavy (non-hydrogen) atoms. The number of benzene rings is 2. The third-order valence-electron chi connectivity index (χ3n) is 4.41. The third kappa shape index (κ3) is 2.46. The number of nitrogens with zero attached hydrogens (tertiary/aromatic N) is 2. The summed E-state index contributed by atoms with van der Waals surface area (Å²) in [6.45, 7) is 0. The summed E-state index contributed by atoms with van der Waals surface area (Å²) in [5.41, 5.74) is 0.473. The van der Waals surface area contributed by atoms with Crippen molar-refractivity contribution in [3.63, 3.8) is 0 Å². The molecule has 5 heteroatoms. The third-order valence-corrected chi connectivity index (χ3v) is 4.41. The van der Waals surface area contributed by atoms with Gasteiger partial charge in [0.1, 0.15) is 11.5 Å². The average molecular weight is 322 g/mol. The second-order valence-electron chi connectivity index (χ2n) is 5.63. The number of ether oxygens (including phenoxy) is 2. The lowest BCUT2D eigenvalue weighted by Crippen LogP contribution is -2.42. The van der Waals surface area contributed by atoms with Crippen LogP contribution in [0, 0.1) is 11.3 Å². The van der Waals surface area contributed by atoms with Crippen LogP contribution in [0.5, 0.6) is 11.5 Å². The van der Waals surface area contributed by atoms with Gasteiger partial charge in [-0.2, -0.15) is 5.26 Å². The molecule has 1 saturated heterocycles. The minimum Gasteiger partial charge on any atom is -0.497 e. The van der Waals surface area contributed by atoms with Crippen molar-refractivity contribution in [1.82, 2.24) is 0 Å². The van der Waals surface area contributed by atoms with Crippen molar-refractivity contribution in [3.05, 3.63) is 54.1 Å². The zero-order valence-electron chi connectivity index (χ0n) is 13.7. The fraction of sp³-hybridized carbons (Fsp3) is 0.263. The molecule has 2 aromatic carbocycles. The van der Waals surface area contributed by atoms with Crippen molar-refractivity contribution in [2.45, 2.75) is 18.4 Å². The second-order valence-corrected chi connectivity index (χ2v) is 5.63. The number of carbonyl (C=O) groups excluding carboxylic acids is 1. The number of hydrogen-bond acceptors (Lipinski definition) is 4. The number of anilines is 1. The van der Waals surface area contributed by atoms with E-state index in [1.54, 1.807) is 43.4 Å². The Hall–Kier alpha value is -3.00. The highest BCUT2D eigenvalue weighted by Crippen LogP contribution is 2.43. The Kier molecular flexibility index (Phi) is 4.13. The fourth-order valence-corrected chi connectivity index (χ4v) is 3.13. The molecule has 3 rings (SSSR count). The summed E-state index contributed by atoms with van der Waals surface area (Å²) in [5.74, 6) is 1.36. The van der Waals surface area contributed by atoms with Crippen LogP contribution in [0.15, 0.2) is 48.5 Å². The summed E-state index contributed by atoms with van der Waals surface area (Å²) in [4.78, 5) is 14.1. The Morgan fingerprint density at radius 2 is 1.54 bits per heavy atom. The number of hydrogen-bond donors (Lipinski definition) is 0. The minimum atomic E-state index is -1.00. The quantitative estimate of drug-likeness (QED) is 0.867. The molecule has 1 amide bonds. The molecule has 5 nitrogen and oxygen atoms in total. The molecular weight excluding hydrogens is 304 g/mol. The zero-order chi connectivity index (χ0) is 17.2. The topological polar surface area (TPSA) is 62.6 Å². The molecule has 0 aliphatic carbocycles. The van der Waals surface area contributed by atoms with Gasteiger partial charge in [0.2, 0.25) is 5.91 Å². The molecule has 1 heterocycles. The molecule has 1 aliphatic heterocycles. The van der Waals surface area contributed by atoms with Crippen LogP contribution in [0.25, 0.3) is 0 Å². The summed E-state index contributed by atoms with van der Waals surface area (Å²) >= 11 is 0. The fourth-order valence-electron chi connectivity index (χ4n) is 3.13. The van der Waals surface area contributed by atoms with Gasteiger partial charge in [0, 0.05) is 12.1 Å². The van der Waals surface area contributed by atoms with Crippen LogP contribution in [0.1, 0.15) is 18.4 Å². The van der Waals surface area contributed by atoms with Crippen molar-refractivity contribution < 1.29 is 14.3 Å². The van der Waals surface area contributed by atoms with Crippen molar-refractivity contribution in [2.24, 2.45) is 0 Å². The van der Waals surface area contributed by atoms with Gasteiger partial charge in [-0.25, -0.2) is 0 Å². The lowest BCUT2D eigenvalue weighted by molar-refractivity contribution is -0.117. The number of nitriles is 1. The maximum Gasteiger partial charge on any atom is 0.228 e. The highest BCUT2D eigenvalue weighted by molar-refractivity contribution is 5.98. The summed E-state index contributed by atoms with van der Waals surface area (Å²) in [6.07, 6.45) is 0.798. The molecule has 122 valence electrons. The molecule has 2 aromatic rings. The van der Waals surface area contributed by atoms with Crippen LogP contribution in [0.3, 0.4) is 0 Å². The van der Waals surface area contributed by atoms with Crippen LogP contribution in [0.4, 0.5) is 5.69 Å². The Balaban J connectivity index is 2.06. The molecule has 0 radical (unpaired) electrons. The molecular formula is C19H18N2O3. The van der Waals surface area contributed by atoms with Gasteiger partial charge < -0.3 is 9.47 Å². The van der Waals surface area contributed by atoms with Crippen molar-refractivity contribution in [1.29, 1.82) is 5.26 Å². The molecule has 1 aliphatic rings. The van der Waals surface area contributed by atoms with Gasteiger partial charge in [-0.3, -0.25) is 9.69 Å². The molecule has 1 atom stereocenters. The van der Waals surface area contributed by atoms with E-state index in [4.69, 9.17) is 9.47 Å². The predicted octanol–water partition coefficient (Wildman–Crippen LogP) is 3.25. The summed E-state index contributed by atoms with van der Waals surface area (Å²) in [7, 11) is 3.19. The molecule has 0 spiro atoms. The van der Waals surface area contributed by atoms with E-state index < -0.39 is 5.54 Å². The van der Waals surface area contributed by atoms with E-state index in [-0.39, 0.29) is 5.91 Å². The number of amides is 1. The van der Waals surface area contributed by atoms with Crippen molar-refractivity contribution in [2.75, 3.05) is 19.1 Å². The second kappa shape index (κ2) is 6.25. The minimum absolute atomic E-state index is 0.0578. The number of carbonyl (C=O) groups is 1. The lowest BCUT2D eigenvalue weighted by atomic mass is 9.88. The first-order valence-corrected chi connectivity index (χ1v) is 7.67. The van der Waals surface area contributed by atoms with Gasteiger partial charge in [-0.15, -0.1) is 0 Å². The largest absolute Gasteiger partial charge is 0.497 e. The van der Waals surface area contributed by atoms with Gasteiger partial charge in [0.05, 0.1) is 20.3 Å². The van der Waals surface area contributed by atoms with Crippen LogP contribution < -0.4 is 14.4 Å². The molecule has 0 aromatic heterocycles. The molecule has 0 N–H and O–H groups in total. The Labute approximate surface area is 141 Å². The maximum absolute atomic E-state index is 12.5. The van der Waals surface area contributed by atoms with Crippen LogP contribution >= 0.6 is 0 Å². The Morgan fingerprint density at radius 3 is 2.04 bits per heavy atom. The molecule has 0 unspecified atom stereocenters. The van der Waals surface area contributed by atoms with Gasteiger partial charge in [-0.1, -0.05) is 12.1 Å². The summed E-state index contributed by atoms with van der Waals surface area (Å²) in [6, 6.07) is 16.9. The zero-order valence-corrected chi connectivity index (χ0v) is 13.7. The Morgan fingerprint density at radius 1 is 1.00 bits per heavy atom. The summed E-state index contributed by atoms with van der Waals surface area (Å²) in [5, 5.41) is 9.95. The van der Waals surface area contributed by atoms with E-state index in [9.17, 15) is 10.1 Å². The Bertz CT molecular complexity index is 778. The van der Waals surface area contributed by atoms with Gasteiger partial charge in [-0.05, 0) is 48.4 Å². The van der Waals surface area contributed by atoms with Gasteiger partial charge >= 0.3 is 0 Å². The predicted molar refractivity (Wildman–Crippen MR) is 90.0 cm³/mol. The summed E-state index contributed by atoms with van der Waals surface area (Å²) < 4.78 is 10.3. The SMILES string of the molecule is COc1ccc(N2C(=O)CC[C@]2(C#N)c2ccc(OC)cc2)cc1. The van der Waals surface area contributed by atoms with Crippen LogP contribution in [0.2, 0.25) is 0 Å². The van der Waals surface area contributed by atoms with Crippen molar-refractivity contribution >= 4 is 11.6 Å². The highest BCUT2D eigenvalue weighted by atomic mass is 16.5. The first kappa shape index (κ1) is 15.9. The molecule has 0 saturated carbocycles. The van der Waals surface area contributed by atoms with E-state index in [1.165, 1.54) is 0 Å². The lowest BCUT2D eigenvalue weighted by Gasteiger charge is -2.33. The smallest absolute Gasteiger partial charge is 0.228 e. The molecule has 1 fully saturated rings. The maximum atomic E-state index is 12.5. The standard InChI is InChI=1S/C19H18N2O3/c1-23-16-7-3-14(4-8-16)19(13-20)12-11-18(22)21(19)15-5-9-17(24-2)10-6-15/h3-10H,11-12H2,1-2H3/t19-/m0/s1. The van der Waals surface area contributed by atoms with E-state index in [0.717, 1.165) is 5.56 Å². The van der Waals surface area contributed by atoms with Crippen molar-refractivity contribution in [3.8, 4) is 17.6 Å². The normalized spacial score (nSPS) is 19.9. The first-order valence-electron chi connectivity index (χ1n) is 7.67. The highest BCUT2D eigenvalue weighted by Gasteiger charge is 2.48. The number of rotatable bonds is 4. The first-order chi connectivity index (χ1) is 11.6. The van der Waals surface area contributed by atoms with Gasteiger partial charge in [0.15, 0.2) is 5.54 Å². The number of methoxy groups -OCH3 is 2. The molecule has 0 bridgehead atoms. The van der Waals surface area contributed by atoms with E-state index >= 15 is 0 Å².